The predicted octanol–water partition coefficient (Wildman–Crippen LogP) is 2.37. The molecule has 0 bridgehead atoms. The van der Waals surface area contributed by atoms with Gasteiger partial charge in [0.2, 0.25) is 0 Å². The van der Waals surface area contributed by atoms with Crippen LogP contribution < -0.4 is 0 Å². The smallest absolute Gasteiger partial charge is 0.0795 e. The number of rotatable bonds is 1. The van der Waals surface area contributed by atoms with Gasteiger partial charge in [0.05, 0.1) is 27.2 Å². The summed E-state index contributed by atoms with van der Waals surface area (Å²) < 4.78 is 1.78. The highest BCUT2D eigenvalue weighted by atomic mass is 32.2. The molecule has 0 N–H and O–H groups in total. The molecule has 2 heteroatoms. The Labute approximate surface area is 81.1 Å². The van der Waals surface area contributed by atoms with Crippen molar-refractivity contribution in [3.05, 3.63) is 0 Å². The maximum absolute atomic E-state index is 2.42. The van der Waals surface area contributed by atoms with E-state index >= 15 is 0 Å². The lowest BCUT2D eigenvalue weighted by atomic mass is 10.0. The summed E-state index contributed by atoms with van der Waals surface area (Å²) in [6.45, 7) is 5.12. The van der Waals surface area contributed by atoms with Crippen LogP contribution in [0.3, 0.4) is 0 Å². The van der Waals surface area contributed by atoms with Gasteiger partial charge in [-0.15, -0.1) is 0 Å². The Kier molecular flexibility index (Phi) is 3.11. The van der Waals surface area contributed by atoms with E-state index in [1.165, 1.54) is 36.8 Å². The summed E-state index contributed by atoms with van der Waals surface area (Å²) in [5.41, 5.74) is 0. The van der Waals surface area contributed by atoms with Crippen molar-refractivity contribution in [2.75, 3.05) is 33.4 Å². The second-order valence-corrected chi connectivity index (χ2v) is 6.28. The van der Waals surface area contributed by atoms with E-state index in [4.69, 9.17) is 0 Å². The van der Waals surface area contributed by atoms with Crippen LogP contribution in [-0.2, 0) is 0 Å². The molecule has 1 unspecified atom stereocenters. The summed E-state index contributed by atoms with van der Waals surface area (Å²) in [6, 6.07) is 0. The zero-order valence-electron chi connectivity index (χ0n) is 8.89. The summed E-state index contributed by atoms with van der Waals surface area (Å²) in [4.78, 5) is 0. The monoisotopic (exact) mass is 188 g/mol. The Bertz CT molecular complexity index is 156. The van der Waals surface area contributed by atoms with Gasteiger partial charge in [0, 0.05) is 11.2 Å². The van der Waals surface area contributed by atoms with E-state index in [2.05, 4.69) is 39.0 Å². The van der Waals surface area contributed by atoms with Crippen LogP contribution in [0.25, 0.3) is 0 Å². The molecule has 1 nitrogen and oxygen atoms in total. The van der Waals surface area contributed by atoms with Gasteiger partial charge in [-0.3, -0.25) is 0 Å². The highest BCUT2D eigenvalue weighted by Gasteiger charge is 2.30. The van der Waals surface area contributed by atoms with E-state index in [-0.39, 0.29) is 0 Å². The average Bonchev–Trinajstić information content (AvgIpc) is 2.13. The van der Waals surface area contributed by atoms with Crippen molar-refractivity contribution in [1.82, 2.24) is 0 Å². The molecule has 0 spiro atoms. The molecule has 1 heterocycles. The van der Waals surface area contributed by atoms with Crippen LogP contribution >= 0.6 is 11.8 Å². The molecule has 0 radical (unpaired) electrons. The topological polar surface area (TPSA) is 0 Å². The molecule has 0 aromatic rings. The van der Waals surface area contributed by atoms with E-state index in [0.717, 1.165) is 0 Å². The summed E-state index contributed by atoms with van der Waals surface area (Å²) in [5, 5.41) is 0. The quantitative estimate of drug-likeness (QED) is 0.569. The Morgan fingerprint density at radius 1 is 1.17 bits per heavy atom. The molecule has 0 amide bonds. The molecule has 1 saturated heterocycles. The van der Waals surface area contributed by atoms with Crippen molar-refractivity contribution < 1.29 is 4.48 Å². The van der Waals surface area contributed by atoms with Gasteiger partial charge >= 0.3 is 0 Å². The SMILES string of the molecule is CSC1(C)CCC[N+](C)(C)CC1. The van der Waals surface area contributed by atoms with Crippen molar-refractivity contribution in [2.24, 2.45) is 0 Å². The van der Waals surface area contributed by atoms with Gasteiger partial charge in [0.25, 0.3) is 0 Å². The Morgan fingerprint density at radius 2 is 1.83 bits per heavy atom. The van der Waals surface area contributed by atoms with Crippen molar-refractivity contribution >= 4 is 11.8 Å². The molecule has 0 aromatic carbocycles. The second-order valence-electron chi connectivity index (χ2n) is 4.89. The summed E-state index contributed by atoms with van der Waals surface area (Å²) >= 11 is 2.05. The molecule has 12 heavy (non-hydrogen) atoms. The molecular formula is C10H22NS+. The van der Waals surface area contributed by atoms with Crippen LogP contribution in [0.1, 0.15) is 26.2 Å². The fourth-order valence-electron chi connectivity index (χ4n) is 1.86. The second kappa shape index (κ2) is 3.59. The summed E-state index contributed by atoms with van der Waals surface area (Å²) in [7, 11) is 4.71. The highest BCUT2D eigenvalue weighted by molar-refractivity contribution is 7.99. The van der Waals surface area contributed by atoms with Crippen LogP contribution in [0.5, 0.6) is 0 Å². The molecule has 1 fully saturated rings. The normalized spacial score (nSPS) is 36.0. The van der Waals surface area contributed by atoms with Gasteiger partial charge in [0.1, 0.15) is 0 Å². The average molecular weight is 188 g/mol. The highest BCUT2D eigenvalue weighted by Crippen LogP contribution is 2.34. The molecular weight excluding hydrogens is 166 g/mol. The van der Waals surface area contributed by atoms with Crippen molar-refractivity contribution in [1.29, 1.82) is 0 Å². The molecule has 0 aliphatic carbocycles. The van der Waals surface area contributed by atoms with Crippen molar-refractivity contribution in [3.63, 3.8) is 0 Å². The molecule has 0 saturated carbocycles. The number of hydrogen-bond acceptors (Lipinski definition) is 1. The van der Waals surface area contributed by atoms with E-state index in [1.54, 1.807) is 0 Å². The first-order valence-electron chi connectivity index (χ1n) is 4.85. The Balaban J connectivity index is 2.56. The Hall–Kier alpha value is 0.310. The first-order chi connectivity index (χ1) is 5.47. The number of nitrogens with zero attached hydrogens (tertiary/aromatic N) is 1. The van der Waals surface area contributed by atoms with Crippen LogP contribution in [-0.4, -0.2) is 42.7 Å². The maximum atomic E-state index is 2.42. The molecule has 1 aliphatic rings. The fraction of sp³-hybridized carbons (Fsp3) is 1.00. The largest absolute Gasteiger partial charge is 0.328 e. The fourth-order valence-corrected chi connectivity index (χ4v) is 2.51. The Morgan fingerprint density at radius 3 is 2.42 bits per heavy atom. The number of likely N-dealkylation sites (tertiary alicyclic amines) is 1. The number of thioether (sulfide) groups is 1. The standard InChI is InChI=1S/C10H22NS/c1-10(12-4)6-5-8-11(2,3)9-7-10/h5-9H2,1-4H3/q+1. The van der Waals surface area contributed by atoms with Crippen LogP contribution in [0.2, 0.25) is 0 Å². The molecule has 72 valence electrons. The lowest BCUT2D eigenvalue weighted by Gasteiger charge is -2.29. The summed E-state index contributed by atoms with van der Waals surface area (Å²) in [6.07, 6.45) is 6.42. The van der Waals surface area contributed by atoms with Crippen molar-refractivity contribution in [2.45, 2.75) is 30.9 Å². The van der Waals surface area contributed by atoms with E-state index in [9.17, 15) is 0 Å². The van der Waals surface area contributed by atoms with Gasteiger partial charge in [-0.2, -0.15) is 11.8 Å². The van der Waals surface area contributed by atoms with Crippen LogP contribution in [0.15, 0.2) is 0 Å². The molecule has 1 rings (SSSR count). The molecule has 1 aliphatic heterocycles. The van der Waals surface area contributed by atoms with Crippen LogP contribution in [0.4, 0.5) is 0 Å². The third kappa shape index (κ3) is 2.67. The third-order valence-corrected chi connectivity index (χ3v) is 4.60. The minimum atomic E-state index is 0.562. The van der Waals surface area contributed by atoms with Gasteiger partial charge in [-0.05, 0) is 19.1 Å². The summed E-state index contributed by atoms with van der Waals surface area (Å²) in [5.74, 6) is 0. The number of hydrogen-bond donors (Lipinski definition) is 0. The lowest BCUT2D eigenvalue weighted by molar-refractivity contribution is -0.889. The number of quaternary nitrogens is 1. The van der Waals surface area contributed by atoms with Gasteiger partial charge in [0.15, 0.2) is 0 Å². The van der Waals surface area contributed by atoms with Crippen molar-refractivity contribution in [3.8, 4) is 0 Å². The molecule has 1 atom stereocenters. The minimum absolute atomic E-state index is 0.562. The zero-order valence-corrected chi connectivity index (χ0v) is 9.71. The predicted molar refractivity (Wildman–Crippen MR) is 57.6 cm³/mol. The third-order valence-electron chi connectivity index (χ3n) is 3.21. The minimum Gasteiger partial charge on any atom is -0.328 e. The first kappa shape index (κ1) is 10.4. The first-order valence-corrected chi connectivity index (χ1v) is 6.07. The lowest BCUT2D eigenvalue weighted by Crippen LogP contribution is -2.40. The van der Waals surface area contributed by atoms with E-state index < -0.39 is 0 Å². The maximum Gasteiger partial charge on any atom is 0.0795 e. The van der Waals surface area contributed by atoms with E-state index in [0.29, 0.717) is 4.75 Å². The van der Waals surface area contributed by atoms with Gasteiger partial charge in [-0.1, -0.05) is 6.92 Å². The van der Waals surface area contributed by atoms with Crippen LogP contribution in [0, 0.1) is 0 Å². The van der Waals surface area contributed by atoms with Gasteiger partial charge < -0.3 is 4.48 Å². The molecule has 0 aromatic heterocycles. The van der Waals surface area contributed by atoms with E-state index in [1.807, 2.05) is 0 Å². The van der Waals surface area contributed by atoms with Gasteiger partial charge in [-0.25, -0.2) is 0 Å². The zero-order chi connectivity index (χ0) is 9.24.